The summed E-state index contributed by atoms with van der Waals surface area (Å²) in [4.78, 5) is 13.2. The fourth-order valence-electron chi connectivity index (χ4n) is 0.568. The zero-order valence-corrected chi connectivity index (χ0v) is 9.60. The van der Waals surface area contributed by atoms with Gasteiger partial charge in [0.05, 0.1) is 11.0 Å². The van der Waals surface area contributed by atoms with Crippen molar-refractivity contribution in [3.8, 4) is 0 Å². The summed E-state index contributed by atoms with van der Waals surface area (Å²) in [6.07, 6.45) is 1.46. The van der Waals surface area contributed by atoms with Crippen molar-refractivity contribution in [3.63, 3.8) is 0 Å². The number of rotatable bonds is 1. The Balaban J connectivity index is 0.000000424. The molecule has 0 N–H and O–H groups in total. The van der Waals surface area contributed by atoms with Crippen molar-refractivity contribution >= 4 is 50.9 Å². The van der Waals surface area contributed by atoms with Crippen LogP contribution in [0.1, 0.15) is 0 Å². The van der Waals surface area contributed by atoms with E-state index in [1.165, 1.54) is 6.08 Å². The van der Waals surface area contributed by atoms with Gasteiger partial charge in [0, 0.05) is 4.47 Å². The van der Waals surface area contributed by atoms with Crippen LogP contribution in [0.15, 0.2) is 33.7 Å². The minimum Gasteiger partial charge on any atom is -0.211 e. The van der Waals surface area contributed by atoms with E-state index in [1.807, 2.05) is 12.1 Å². The summed E-state index contributed by atoms with van der Waals surface area (Å²) in [5.41, 5.74) is 0.623. The van der Waals surface area contributed by atoms with Crippen LogP contribution in [0.25, 0.3) is 0 Å². The smallest absolute Gasteiger partial charge is 0.211 e. The van der Waals surface area contributed by atoms with Crippen molar-refractivity contribution in [2.75, 3.05) is 5.34 Å². The van der Waals surface area contributed by atoms with Gasteiger partial charge < -0.3 is 0 Å². The van der Waals surface area contributed by atoms with Gasteiger partial charge >= 0.3 is 0 Å². The normalized spacial score (nSPS) is 7.92. The summed E-state index contributed by atoms with van der Waals surface area (Å²) in [5, 5.41) is 0.194. The highest BCUT2D eigenvalue weighted by atomic mass is 79.9. The predicted octanol–water partition coefficient (Wildman–Crippen LogP) is 3.84. The number of halogens is 3. The van der Waals surface area contributed by atoms with E-state index < -0.39 is 0 Å². The van der Waals surface area contributed by atoms with Gasteiger partial charge in [-0.3, -0.25) is 0 Å². The Bertz CT molecular complexity index is 283. The largest absolute Gasteiger partial charge is 0.240 e. The minimum absolute atomic E-state index is 0.194. The van der Waals surface area contributed by atoms with Gasteiger partial charge in [-0.25, -0.2) is 4.79 Å². The summed E-state index contributed by atoms with van der Waals surface area (Å²) in [5.74, 6) is 0. The SMILES string of the molecule is ClCCl.O=C=Nc1ccc(Br)cc1. The molecule has 0 bridgehead atoms. The van der Waals surface area contributed by atoms with Gasteiger partial charge in [0.1, 0.15) is 0 Å². The van der Waals surface area contributed by atoms with Crippen LogP contribution < -0.4 is 0 Å². The number of aliphatic imine (C=N–C) groups is 1. The third kappa shape index (κ3) is 6.79. The molecule has 0 unspecified atom stereocenters. The van der Waals surface area contributed by atoms with Gasteiger partial charge in [0.2, 0.25) is 6.08 Å². The van der Waals surface area contributed by atoms with Gasteiger partial charge in [0.15, 0.2) is 0 Å². The lowest BCUT2D eigenvalue weighted by Gasteiger charge is -1.88. The Hall–Kier alpha value is -0.340. The van der Waals surface area contributed by atoms with Gasteiger partial charge in [0.25, 0.3) is 0 Å². The Morgan fingerprint density at radius 3 is 2.15 bits per heavy atom. The van der Waals surface area contributed by atoms with Crippen LogP contribution in [0.3, 0.4) is 0 Å². The molecule has 0 saturated carbocycles. The van der Waals surface area contributed by atoms with E-state index in [2.05, 4.69) is 20.9 Å². The van der Waals surface area contributed by atoms with Gasteiger partial charge in [-0.1, -0.05) is 15.9 Å². The second-order valence-corrected chi connectivity index (χ2v) is 3.50. The second-order valence-electron chi connectivity index (χ2n) is 1.78. The molecule has 1 rings (SSSR count). The van der Waals surface area contributed by atoms with Crippen molar-refractivity contribution in [1.29, 1.82) is 0 Å². The summed E-state index contributed by atoms with van der Waals surface area (Å²) in [6, 6.07) is 7.09. The van der Waals surface area contributed by atoms with Crippen molar-refractivity contribution in [3.05, 3.63) is 28.7 Å². The number of hydrogen-bond acceptors (Lipinski definition) is 2. The molecular formula is C8H6BrCl2NO. The molecule has 0 aromatic heterocycles. The maximum absolute atomic E-state index is 9.76. The molecule has 0 aliphatic heterocycles. The van der Waals surface area contributed by atoms with Crippen molar-refractivity contribution in [2.45, 2.75) is 0 Å². The molecule has 0 saturated heterocycles. The number of alkyl halides is 2. The fraction of sp³-hybridized carbons (Fsp3) is 0.125. The van der Waals surface area contributed by atoms with E-state index in [0.29, 0.717) is 5.69 Å². The van der Waals surface area contributed by atoms with Gasteiger partial charge in [-0.05, 0) is 24.3 Å². The molecule has 0 fully saturated rings. The number of benzene rings is 1. The monoisotopic (exact) mass is 281 g/mol. The predicted molar refractivity (Wildman–Crippen MR) is 58.5 cm³/mol. The average molecular weight is 283 g/mol. The molecule has 0 aliphatic rings. The van der Waals surface area contributed by atoms with Crippen molar-refractivity contribution in [1.82, 2.24) is 0 Å². The quantitative estimate of drug-likeness (QED) is 0.437. The lowest BCUT2D eigenvalue weighted by atomic mass is 10.3. The molecule has 0 heterocycles. The fourth-order valence-corrected chi connectivity index (χ4v) is 0.833. The first-order valence-electron chi connectivity index (χ1n) is 3.20. The van der Waals surface area contributed by atoms with Gasteiger partial charge in [-0.2, -0.15) is 4.99 Å². The van der Waals surface area contributed by atoms with Crippen LogP contribution in [0, 0.1) is 0 Å². The average Bonchev–Trinajstić information content (AvgIpc) is 2.11. The summed E-state index contributed by atoms with van der Waals surface area (Å²) in [7, 11) is 0. The van der Waals surface area contributed by atoms with E-state index in [0.717, 1.165) is 4.47 Å². The lowest BCUT2D eigenvalue weighted by Crippen LogP contribution is -1.63. The van der Waals surface area contributed by atoms with E-state index in [1.54, 1.807) is 12.1 Å². The van der Waals surface area contributed by atoms with E-state index in [4.69, 9.17) is 23.2 Å². The molecule has 0 atom stereocenters. The summed E-state index contributed by atoms with van der Waals surface area (Å²) < 4.78 is 0.970. The maximum Gasteiger partial charge on any atom is 0.240 e. The van der Waals surface area contributed by atoms with Crippen molar-refractivity contribution in [2.24, 2.45) is 4.99 Å². The third-order valence-electron chi connectivity index (χ3n) is 1.00. The highest BCUT2D eigenvalue weighted by Crippen LogP contribution is 2.15. The van der Waals surface area contributed by atoms with Crippen LogP contribution in [0.5, 0.6) is 0 Å². The first kappa shape index (κ1) is 12.7. The molecule has 0 spiro atoms. The standard InChI is InChI=1S/C7H4BrNO.CH2Cl2/c8-6-1-3-7(4-2-6)9-5-10;2-1-3/h1-4H;1H2. The highest BCUT2D eigenvalue weighted by Gasteiger charge is 1.86. The van der Waals surface area contributed by atoms with Crippen LogP contribution in [-0.2, 0) is 4.79 Å². The molecule has 70 valence electrons. The Kier molecular flexibility index (Phi) is 8.05. The Morgan fingerprint density at radius 1 is 1.31 bits per heavy atom. The molecule has 1 aromatic rings. The number of hydrogen-bond donors (Lipinski definition) is 0. The van der Waals surface area contributed by atoms with E-state index >= 15 is 0 Å². The molecule has 13 heavy (non-hydrogen) atoms. The first-order valence-corrected chi connectivity index (χ1v) is 5.06. The zero-order chi connectivity index (χ0) is 10.1. The molecule has 0 aliphatic carbocycles. The zero-order valence-electron chi connectivity index (χ0n) is 6.51. The molecule has 5 heteroatoms. The van der Waals surface area contributed by atoms with Crippen LogP contribution in [0.2, 0.25) is 0 Å². The number of isocyanates is 1. The molecule has 0 radical (unpaired) electrons. The lowest BCUT2D eigenvalue weighted by molar-refractivity contribution is 0.565. The van der Waals surface area contributed by atoms with Crippen molar-refractivity contribution < 1.29 is 4.79 Å². The van der Waals surface area contributed by atoms with Gasteiger partial charge in [-0.15, -0.1) is 23.2 Å². The van der Waals surface area contributed by atoms with Crippen LogP contribution in [-0.4, -0.2) is 11.4 Å². The summed E-state index contributed by atoms with van der Waals surface area (Å²) in [6.45, 7) is 0. The first-order chi connectivity index (χ1) is 6.24. The van der Waals surface area contributed by atoms with Crippen LogP contribution >= 0.6 is 39.1 Å². The number of carbonyl (C=O) groups excluding carboxylic acids is 1. The molecule has 2 nitrogen and oxygen atoms in total. The molecular weight excluding hydrogens is 277 g/mol. The second kappa shape index (κ2) is 8.27. The molecule has 1 aromatic carbocycles. The third-order valence-corrected chi connectivity index (χ3v) is 1.53. The van der Waals surface area contributed by atoms with E-state index in [-0.39, 0.29) is 5.34 Å². The molecule has 0 amide bonds. The minimum atomic E-state index is 0.194. The summed E-state index contributed by atoms with van der Waals surface area (Å²) >= 11 is 12.8. The van der Waals surface area contributed by atoms with Crippen LogP contribution in [0.4, 0.5) is 5.69 Å². The number of nitrogens with zero attached hydrogens (tertiary/aromatic N) is 1. The maximum atomic E-state index is 9.76. The Morgan fingerprint density at radius 2 is 1.77 bits per heavy atom. The van der Waals surface area contributed by atoms with E-state index in [9.17, 15) is 4.79 Å². The topological polar surface area (TPSA) is 29.4 Å². The Labute approximate surface area is 94.7 Å². The highest BCUT2D eigenvalue weighted by molar-refractivity contribution is 9.10.